The Kier molecular flexibility index (Phi) is 9.62. The molecule has 1 unspecified atom stereocenters. The van der Waals surface area contributed by atoms with E-state index in [2.05, 4.69) is 30.0 Å². The molecule has 2 amide bonds. The number of nitrogens with zero attached hydrogens (tertiary/aromatic N) is 6. The van der Waals surface area contributed by atoms with E-state index in [9.17, 15) is 19.5 Å². The molecule has 0 spiro atoms. The molecule has 17 heteroatoms. The predicted octanol–water partition coefficient (Wildman–Crippen LogP) is 4.22. The van der Waals surface area contributed by atoms with Crippen molar-refractivity contribution < 1.29 is 24.3 Å². The lowest BCUT2D eigenvalue weighted by Crippen LogP contribution is -2.71. The first kappa shape index (κ1) is 33.4. The molecule has 50 heavy (non-hydrogen) atoms. The molecule has 2 aliphatic rings. The number of nitrogens with one attached hydrogen (secondary N) is 1. The number of oxime groups is 1. The van der Waals surface area contributed by atoms with Gasteiger partial charge in [-0.3, -0.25) is 14.5 Å². The summed E-state index contributed by atoms with van der Waals surface area (Å²) in [7, 11) is 0. The molecule has 0 saturated carbocycles. The highest BCUT2D eigenvalue weighted by molar-refractivity contribution is 8.01. The van der Waals surface area contributed by atoms with E-state index in [1.165, 1.54) is 39.8 Å². The minimum absolute atomic E-state index is 0.0879. The highest BCUT2D eigenvalue weighted by Gasteiger charge is 2.54. The number of benzene rings is 3. The summed E-state index contributed by atoms with van der Waals surface area (Å²) in [5.41, 5.74) is 8.59. The standard InChI is InChI=1S/C33H26N8O5S4/c34-31-37-26(40-50-31)23(39-46-33(20-10-4-1-5-11-20,21-12-6-2-7-13-21)22-14-8-3-9-15-22)27(42)36-24-28(43)41-25(30(44)45)19(16-47-29(24)41)17-48-32-38-35-18-49-32/h1-15,18,24,29H,16-17H2,(H,36,42)(H,44,45)(H2,34,37,40)/t24?,29-/m0/s1. The lowest BCUT2D eigenvalue weighted by Gasteiger charge is -2.49. The number of hydrogen-bond acceptors (Lipinski definition) is 14. The lowest BCUT2D eigenvalue weighted by atomic mass is 9.80. The predicted molar refractivity (Wildman–Crippen MR) is 191 cm³/mol. The minimum Gasteiger partial charge on any atom is -0.477 e. The van der Waals surface area contributed by atoms with Crippen LogP contribution in [0.15, 0.2) is 117 Å². The van der Waals surface area contributed by atoms with Gasteiger partial charge < -0.3 is 21.0 Å². The Balaban J connectivity index is 1.21. The molecule has 3 aromatic carbocycles. The summed E-state index contributed by atoms with van der Waals surface area (Å²) in [5.74, 6) is -1.99. The summed E-state index contributed by atoms with van der Waals surface area (Å²) in [4.78, 5) is 51.9. The number of fused-ring (bicyclic) bond motifs is 1. The Hall–Kier alpha value is -5.10. The molecule has 4 N–H and O–H groups in total. The average molecular weight is 743 g/mol. The quantitative estimate of drug-likeness (QED) is 0.0545. The molecule has 252 valence electrons. The molecule has 13 nitrogen and oxygen atoms in total. The zero-order valence-electron chi connectivity index (χ0n) is 25.8. The number of carboxylic acid groups (broad SMARTS) is 1. The van der Waals surface area contributed by atoms with Crippen LogP contribution in [0.3, 0.4) is 0 Å². The maximum atomic E-state index is 14.1. The zero-order chi connectivity index (χ0) is 34.7. The van der Waals surface area contributed by atoms with Gasteiger partial charge in [0.05, 0.1) is 0 Å². The Morgan fingerprint density at radius 2 is 1.64 bits per heavy atom. The van der Waals surface area contributed by atoms with Crippen LogP contribution in [0.4, 0.5) is 5.13 Å². The molecule has 0 bridgehead atoms. The molecule has 2 aliphatic heterocycles. The van der Waals surface area contributed by atoms with Crippen LogP contribution < -0.4 is 11.1 Å². The normalized spacial score (nSPS) is 17.6. The largest absolute Gasteiger partial charge is 0.477 e. The van der Waals surface area contributed by atoms with Crippen molar-refractivity contribution in [1.82, 2.24) is 29.8 Å². The second-order valence-corrected chi connectivity index (χ2v) is 14.8. The molecule has 2 aromatic heterocycles. The lowest BCUT2D eigenvalue weighted by molar-refractivity contribution is -0.150. The molecule has 0 aliphatic carbocycles. The molecular formula is C33H26N8O5S4. The second kappa shape index (κ2) is 14.4. The van der Waals surface area contributed by atoms with Gasteiger partial charge in [-0.05, 0) is 5.57 Å². The van der Waals surface area contributed by atoms with E-state index in [4.69, 9.17) is 10.6 Å². The molecule has 0 radical (unpaired) electrons. The molecular weight excluding hydrogens is 717 g/mol. The van der Waals surface area contributed by atoms with Gasteiger partial charge in [-0.2, -0.15) is 9.36 Å². The van der Waals surface area contributed by atoms with Gasteiger partial charge in [-0.1, -0.05) is 119 Å². The number of carboxylic acids is 1. The Bertz CT molecular complexity index is 1980. The molecule has 1 saturated heterocycles. The van der Waals surface area contributed by atoms with Gasteiger partial charge in [-0.25, -0.2) is 4.79 Å². The first-order valence-electron chi connectivity index (χ1n) is 15.0. The highest BCUT2D eigenvalue weighted by atomic mass is 32.2. The van der Waals surface area contributed by atoms with Crippen molar-refractivity contribution in [3.8, 4) is 0 Å². The number of anilines is 1. The summed E-state index contributed by atoms with van der Waals surface area (Å²) in [5, 5.41) is 24.5. The van der Waals surface area contributed by atoms with Crippen LogP contribution in [0.5, 0.6) is 0 Å². The topological polar surface area (TPSA) is 186 Å². The summed E-state index contributed by atoms with van der Waals surface area (Å²) < 4.78 is 4.92. The molecule has 4 heterocycles. The maximum absolute atomic E-state index is 14.1. The Morgan fingerprint density at radius 3 is 2.16 bits per heavy atom. The van der Waals surface area contributed by atoms with Gasteiger partial charge >= 0.3 is 5.97 Å². The van der Waals surface area contributed by atoms with Crippen molar-refractivity contribution in [3.05, 3.63) is 130 Å². The van der Waals surface area contributed by atoms with E-state index < -0.39 is 34.8 Å². The van der Waals surface area contributed by atoms with E-state index >= 15 is 0 Å². The third-order valence-corrected chi connectivity index (χ3v) is 11.8. The summed E-state index contributed by atoms with van der Waals surface area (Å²) in [6, 6.07) is 27.4. The Morgan fingerprint density at radius 1 is 1.02 bits per heavy atom. The van der Waals surface area contributed by atoms with Crippen LogP contribution in [-0.2, 0) is 24.8 Å². The first-order valence-corrected chi connectivity index (χ1v) is 18.7. The van der Waals surface area contributed by atoms with Gasteiger partial charge in [0.15, 0.2) is 9.47 Å². The van der Waals surface area contributed by atoms with Crippen LogP contribution in [0, 0.1) is 0 Å². The van der Waals surface area contributed by atoms with Crippen molar-refractivity contribution in [2.24, 2.45) is 5.16 Å². The number of aliphatic carboxylic acids is 1. The van der Waals surface area contributed by atoms with Crippen LogP contribution >= 0.6 is 46.4 Å². The van der Waals surface area contributed by atoms with E-state index in [1.54, 1.807) is 5.51 Å². The van der Waals surface area contributed by atoms with Gasteiger partial charge in [0, 0.05) is 39.7 Å². The van der Waals surface area contributed by atoms with Gasteiger partial charge in [0.2, 0.25) is 17.1 Å². The fraction of sp³-hybridized carbons (Fsp3) is 0.152. The van der Waals surface area contributed by atoms with Crippen molar-refractivity contribution in [3.63, 3.8) is 0 Å². The van der Waals surface area contributed by atoms with Crippen LogP contribution in [-0.4, -0.2) is 76.0 Å². The van der Waals surface area contributed by atoms with Crippen LogP contribution in [0.1, 0.15) is 22.5 Å². The Labute approximate surface area is 301 Å². The molecule has 1 fully saturated rings. The SMILES string of the molecule is Nc1nc(C(=NOC(c2ccccc2)(c2ccccc2)c2ccccc2)C(=O)NC2C(=O)N3C(C(=O)O)=C(CSc4nncs4)CS[C@@H]23)ns1. The molecule has 2 atom stereocenters. The van der Waals surface area contributed by atoms with Gasteiger partial charge in [0.1, 0.15) is 22.6 Å². The number of thioether (sulfide) groups is 2. The number of nitrogen functional groups attached to an aromatic ring is 1. The second-order valence-electron chi connectivity index (χ2n) is 10.9. The average Bonchev–Trinajstić information content (AvgIpc) is 3.84. The van der Waals surface area contributed by atoms with E-state index in [0.29, 0.717) is 21.4 Å². The van der Waals surface area contributed by atoms with E-state index in [0.717, 1.165) is 28.2 Å². The summed E-state index contributed by atoms with van der Waals surface area (Å²) in [6.45, 7) is 0. The molecule has 7 rings (SSSR count). The van der Waals surface area contributed by atoms with E-state index in [1.807, 2.05) is 91.0 Å². The van der Waals surface area contributed by atoms with E-state index in [-0.39, 0.29) is 22.4 Å². The minimum atomic E-state index is -1.32. The number of β-lactam (4-membered cyclic amide) rings is 1. The zero-order valence-corrected chi connectivity index (χ0v) is 29.0. The monoisotopic (exact) mass is 742 g/mol. The van der Waals surface area contributed by atoms with Crippen LogP contribution in [0.2, 0.25) is 0 Å². The third-order valence-electron chi connectivity index (χ3n) is 7.93. The summed E-state index contributed by atoms with van der Waals surface area (Å²) >= 11 is 4.93. The smallest absolute Gasteiger partial charge is 0.352 e. The fourth-order valence-corrected chi connectivity index (χ4v) is 9.09. The van der Waals surface area contributed by atoms with Gasteiger partial charge in [-0.15, -0.1) is 22.0 Å². The van der Waals surface area contributed by atoms with Crippen LogP contribution in [0.25, 0.3) is 0 Å². The van der Waals surface area contributed by atoms with Crippen molar-refractivity contribution in [2.45, 2.75) is 21.4 Å². The maximum Gasteiger partial charge on any atom is 0.352 e. The number of nitrogens with two attached hydrogens (primary N) is 1. The first-order chi connectivity index (χ1) is 24.4. The molecule has 5 aromatic rings. The summed E-state index contributed by atoms with van der Waals surface area (Å²) in [6.07, 6.45) is 0. The number of hydrogen-bond donors (Lipinski definition) is 3. The van der Waals surface area contributed by atoms with Crippen molar-refractivity contribution in [2.75, 3.05) is 17.2 Å². The fourth-order valence-electron chi connectivity index (χ4n) is 5.68. The number of rotatable bonds is 12. The number of aromatic nitrogens is 4. The number of amides is 2. The number of carbonyl (C=O) groups excluding carboxylic acids is 2. The van der Waals surface area contributed by atoms with Gasteiger partial charge in [0.25, 0.3) is 11.8 Å². The van der Waals surface area contributed by atoms with Crippen molar-refractivity contribution >= 4 is 75.0 Å². The van der Waals surface area contributed by atoms with Crippen molar-refractivity contribution in [1.29, 1.82) is 0 Å². The highest BCUT2D eigenvalue weighted by Crippen LogP contribution is 2.43. The number of carbonyl (C=O) groups is 3. The third kappa shape index (κ3) is 6.35.